The number of tetrazole rings is 1. The molecule has 204 valence electrons. The van der Waals surface area contributed by atoms with E-state index in [2.05, 4.69) is 50.3 Å². The second-order valence-corrected chi connectivity index (χ2v) is 15.5. The molecule has 0 aliphatic rings. The highest BCUT2D eigenvalue weighted by atomic mass is 28.3. The molecule has 3 rings (SSSR count). The van der Waals surface area contributed by atoms with Gasteiger partial charge in [0.25, 0.3) is 0 Å². The molecule has 0 spiro atoms. The molecule has 2 heterocycles. The van der Waals surface area contributed by atoms with Crippen molar-refractivity contribution >= 4 is 25.9 Å². The zero-order chi connectivity index (χ0) is 27.5. The van der Waals surface area contributed by atoms with Crippen LogP contribution in [0.2, 0.25) is 25.7 Å². The minimum Gasteiger partial charge on any atom is -0.481 e. The monoisotopic (exact) mass is 543 g/mol. The number of aromatic amines is 1. The minimum absolute atomic E-state index is 0.0250. The Hall–Kier alpha value is -3.91. The lowest BCUT2D eigenvalue weighted by atomic mass is 10.1. The van der Waals surface area contributed by atoms with Gasteiger partial charge in [0.05, 0.1) is 13.0 Å². The molecule has 0 bridgehead atoms. The lowest BCUT2D eigenvalue weighted by Crippen LogP contribution is -2.44. The van der Waals surface area contributed by atoms with Crippen LogP contribution in [-0.4, -0.2) is 80.5 Å². The summed E-state index contributed by atoms with van der Waals surface area (Å²) in [4.78, 5) is 44.8. The van der Waals surface area contributed by atoms with E-state index >= 15 is 0 Å². The van der Waals surface area contributed by atoms with Crippen LogP contribution in [0.4, 0.5) is 4.79 Å². The van der Waals surface area contributed by atoms with E-state index in [1.54, 1.807) is 36.7 Å². The largest absolute Gasteiger partial charge is 0.481 e. The SMILES string of the molecule is C[Si](C)(C)CCOCC(c1nnn(CC(=O)C(CC(=O)O)NC(=O)OCc2ccccc2)n1)c1ncc[nH]1. The number of Topliss-reactive ketones (excluding diaryl/α,β-unsaturated/α-hetero) is 1. The number of carbonyl (C=O) groups is 3. The van der Waals surface area contributed by atoms with Gasteiger partial charge in [-0.3, -0.25) is 9.59 Å². The van der Waals surface area contributed by atoms with Gasteiger partial charge in [-0.2, -0.15) is 4.80 Å². The number of carbonyl (C=O) groups excluding carboxylic acids is 2. The van der Waals surface area contributed by atoms with E-state index in [-0.39, 0.29) is 13.2 Å². The number of nitrogens with zero attached hydrogens (tertiary/aromatic N) is 5. The highest BCUT2D eigenvalue weighted by Gasteiger charge is 2.27. The minimum atomic E-state index is -1.34. The molecule has 0 fully saturated rings. The normalized spacial score (nSPS) is 13.0. The van der Waals surface area contributed by atoms with Gasteiger partial charge in [0.15, 0.2) is 11.6 Å². The zero-order valence-electron chi connectivity index (χ0n) is 21.7. The van der Waals surface area contributed by atoms with Crippen molar-refractivity contribution in [3.05, 3.63) is 59.9 Å². The van der Waals surface area contributed by atoms with Crippen molar-refractivity contribution in [1.82, 2.24) is 35.5 Å². The van der Waals surface area contributed by atoms with Gasteiger partial charge >= 0.3 is 12.1 Å². The van der Waals surface area contributed by atoms with Gasteiger partial charge in [-0.05, 0) is 16.8 Å². The van der Waals surface area contributed by atoms with Crippen LogP contribution in [0.15, 0.2) is 42.7 Å². The molecule has 38 heavy (non-hydrogen) atoms. The Morgan fingerprint density at radius 1 is 1.18 bits per heavy atom. The van der Waals surface area contributed by atoms with Crippen LogP contribution in [0, 0.1) is 0 Å². The summed E-state index contributed by atoms with van der Waals surface area (Å²) in [7, 11) is -1.26. The predicted octanol–water partition coefficient (Wildman–Crippen LogP) is 2.22. The number of amides is 1. The van der Waals surface area contributed by atoms with Gasteiger partial charge in [-0.1, -0.05) is 50.0 Å². The second-order valence-electron chi connectivity index (χ2n) is 9.91. The molecule has 2 atom stereocenters. The third-order valence-electron chi connectivity index (χ3n) is 5.48. The van der Waals surface area contributed by atoms with Gasteiger partial charge in [-0.25, -0.2) is 9.78 Å². The molecule has 1 aromatic carbocycles. The van der Waals surface area contributed by atoms with Crippen molar-refractivity contribution in [2.24, 2.45) is 0 Å². The van der Waals surface area contributed by atoms with Crippen molar-refractivity contribution in [2.45, 2.75) is 57.2 Å². The summed E-state index contributed by atoms with van der Waals surface area (Å²) in [6, 6.07) is 8.62. The number of aromatic nitrogens is 6. The molecule has 0 saturated heterocycles. The number of aliphatic carboxylic acids is 1. The first-order valence-corrected chi connectivity index (χ1v) is 15.9. The first-order valence-electron chi connectivity index (χ1n) is 12.2. The van der Waals surface area contributed by atoms with E-state index in [0.29, 0.717) is 18.3 Å². The Morgan fingerprint density at radius 3 is 2.61 bits per heavy atom. The summed E-state index contributed by atoms with van der Waals surface area (Å²) in [6.07, 6.45) is 1.75. The molecule has 3 N–H and O–H groups in total. The number of benzene rings is 1. The van der Waals surface area contributed by atoms with Crippen LogP contribution in [0.25, 0.3) is 0 Å². The van der Waals surface area contributed by atoms with Gasteiger partial charge in [0.2, 0.25) is 0 Å². The van der Waals surface area contributed by atoms with Gasteiger partial charge in [0.1, 0.15) is 30.9 Å². The first-order chi connectivity index (χ1) is 18.1. The number of rotatable bonds is 15. The van der Waals surface area contributed by atoms with Gasteiger partial charge in [0, 0.05) is 27.1 Å². The standard InChI is InChI=1S/C24H33N7O6Si/c1-38(2,3)12-11-36-16-18(22-25-9-10-26-22)23-28-30-31(29-23)14-20(32)19(13-21(33)34)27-24(35)37-15-17-7-5-4-6-8-17/h4-10,18-19H,11-16H2,1-3H3,(H,25,26)(H,27,35)(H,33,34). The van der Waals surface area contributed by atoms with E-state index in [1.165, 1.54) is 0 Å². The van der Waals surface area contributed by atoms with Crippen LogP contribution in [0.5, 0.6) is 0 Å². The maximum absolute atomic E-state index is 12.9. The summed E-state index contributed by atoms with van der Waals surface area (Å²) >= 11 is 0. The zero-order valence-corrected chi connectivity index (χ0v) is 22.7. The van der Waals surface area contributed by atoms with Crippen LogP contribution in [0.1, 0.15) is 29.6 Å². The summed E-state index contributed by atoms with van der Waals surface area (Å²) in [5.41, 5.74) is 0.749. The predicted molar refractivity (Wildman–Crippen MR) is 138 cm³/mol. The molecule has 2 aromatic heterocycles. The molecular formula is C24H33N7O6Si. The Kier molecular flexibility index (Phi) is 10.2. The number of carboxylic acid groups (broad SMARTS) is 1. The quantitative estimate of drug-likeness (QED) is 0.190. The lowest BCUT2D eigenvalue weighted by molar-refractivity contribution is -0.139. The summed E-state index contributed by atoms with van der Waals surface area (Å²) < 4.78 is 11.0. The third kappa shape index (κ3) is 9.52. The molecule has 1 amide bonds. The number of ether oxygens (including phenoxy) is 2. The van der Waals surface area contributed by atoms with Crippen LogP contribution >= 0.6 is 0 Å². The number of hydrogen-bond acceptors (Lipinski definition) is 9. The van der Waals surface area contributed by atoms with Gasteiger partial charge in [-0.15, -0.1) is 10.2 Å². The fraction of sp³-hybridized carbons (Fsp3) is 0.458. The molecule has 0 saturated carbocycles. The molecule has 2 unspecified atom stereocenters. The summed E-state index contributed by atoms with van der Waals surface area (Å²) in [5, 5.41) is 23.9. The maximum Gasteiger partial charge on any atom is 0.408 e. The highest BCUT2D eigenvalue weighted by Crippen LogP contribution is 2.19. The van der Waals surface area contributed by atoms with E-state index in [9.17, 15) is 19.5 Å². The molecule has 14 heteroatoms. The topological polar surface area (TPSA) is 174 Å². The number of ketones is 1. The van der Waals surface area contributed by atoms with Crippen molar-refractivity contribution in [2.75, 3.05) is 13.2 Å². The Bertz CT molecular complexity index is 1180. The van der Waals surface area contributed by atoms with Crippen molar-refractivity contribution < 1.29 is 29.0 Å². The Morgan fingerprint density at radius 2 is 1.95 bits per heavy atom. The van der Waals surface area contributed by atoms with E-state index < -0.39 is 50.8 Å². The Balaban J connectivity index is 1.62. The van der Waals surface area contributed by atoms with Crippen molar-refractivity contribution in [3.63, 3.8) is 0 Å². The maximum atomic E-state index is 12.9. The molecule has 0 radical (unpaired) electrons. The van der Waals surface area contributed by atoms with Crippen molar-refractivity contribution in [3.8, 4) is 0 Å². The van der Waals surface area contributed by atoms with E-state index in [0.717, 1.165) is 16.4 Å². The summed E-state index contributed by atoms with van der Waals surface area (Å²) in [5.74, 6) is -1.42. The molecule has 13 nitrogen and oxygen atoms in total. The number of H-pyrrole nitrogens is 1. The van der Waals surface area contributed by atoms with Crippen LogP contribution in [0.3, 0.4) is 0 Å². The van der Waals surface area contributed by atoms with E-state index in [4.69, 9.17) is 9.47 Å². The first kappa shape index (κ1) is 28.7. The van der Waals surface area contributed by atoms with Gasteiger partial charge < -0.3 is 24.9 Å². The number of carboxylic acids is 1. The molecular weight excluding hydrogens is 510 g/mol. The summed E-state index contributed by atoms with van der Waals surface area (Å²) in [6.45, 7) is 7.24. The number of hydrogen-bond donors (Lipinski definition) is 3. The smallest absolute Gasteiger partial charge is 0.408 e. The fourth-order valence-electron chi connectivity index (χ4n) is 3.36. The van der Waals surface area contributed by atoms with Crippen molar-refractivity contribution in [1.29, 1.82) is 0 Å². The highest BCUT2D eigenvalue weighted by molar-refractivity contribution is 6.76. The number of nitrogens with one attached hydrogen (secondary N) is 2. The molecule has 3 aromatic rings. The van der Waals surface area contributed by atoms with E-state index in [1.807, 2.05) is 6.07 Å². The number of imidazole rings is 1. The molecule has 0 aliphatic carbocycles. The fourth-order valence-corrected chi connectivity index (χ4v) is 4.12. The van der Waals surface area contributed by atoms with Crippen LogP contribution < -0.4 is 5.32 Å². The Labute approximate surface area is 221 Å². The average Bonchev–Trinajstić information content (AvgIpc) is 3.55. The lowest BCUT2D eigenvalue weighted by Gasteiger charge is -2.17. The third-order valence-corrected chi connectivity index (χ3v) is 7.18. The average molecular weight is 544 g/mol. The van der Waals surface area contributed by atoms with Crippen LogP contribution in [-0.2, 0) is 32.2 Å². The molecule has 0 aliphatic heterocycles. The number of alkyl carbamates (subject to hydrolysis) is 1. The second kappa shape index (κ2) is 13.6.